The molecule has 0 aliphatic carbocycles. The van der Waals surface area contributed by atoms with Crippen LogP contribution in [0.15, 0.2) is 30.2 Å². The van der Waals surface area contributed by atoms with Crippen LogP contribution in [0.25, 0.3) is 10.2 Å². The van der Waals surface area contributed by atoms with Gasteiger partial charge in [-0.3, -0.25) is 9.69 Å². The molecule has 1 aliphatic rings. The molecule has 0 saturated heterocycles. The molecule has 1 aromatic heterocycles. The van der Waals surface area contributed by atoms with E-state index in [1.165, 1.54) is 23.2 Å². The minimum absolute atomic E-state index is 0. The zero-order valence-electron chi connectivity index (χ0n) is 14.5. The first kappa shape index (κ1) is 19.5. The largest absolute Gasteiger partial charge is 1.00 e. The topological polar surface area (TPSA) is 54.9 Å². The van der Waals surface area contributed by atoms with Crippen molar-refractivity contribution in [3.8, 4) is 0 Å². The number of fused-ring (bicyclic) bond motifs is 1. The Morgan fingerprint density at radius 2 is 2.08 bits per heavy atom. The van der Waals surface area contributed by atoms with Gasteiger partial charge in [-0.25, -0.2) is 4.98 Å². The number of aryl methyl sites for hydroxylation is 1. The number of carbonyl (C=O) groups excluding carboxylic acids is 1. The zero-order valence-corrected chi connectivity index (χ0v) is 16.1. The number of nitrogens with zero attached hydrogens (tertiary/aromatic N) is 3. The van der Waals surface area contributed by atoms with Gasteiger partial charge in [0.25, 0.3) is 5.91 Å². The van der Waals surface area contributed by atoms with Crippen LogP contribution in [0.1, 0.15) is 5.56 Å². The number of ether oxygens (including phenoxy) is 2. The van der Waals surface area contributed by atoms with Gasteiger partial charge in [-0.05, 0) is 38.7 Å². The molecule has 3 rings (SSSR count). The van der Waals surface area contributed by atoms with E-state index in [1.54, 1.807) is 4.90 Å². The zero-order chi connectivity index (χ0) is 17.1. The third-order valence-electron chi connectivity index (χ3n) is 3.64. The molecule has 6 nitrogen and oxygen atoms in total. The van der Waals surface area contributed by atoms with Crippen molar-refractivity contribution in [2.45, 2.75) is 6.92 Å². The minimum Gasteiger partial charge on any atom is -1.00 e. The standard InChI is InChI=1S/C17H21N3O3S.ClH/c1-12-4-5-13-15(10-12)24-17(18-13)20(7-6-19(2)3)16(21)14-11-22-8-9-23-14;/h4-5,10-11H,6-9H2,1-3H3;1H/p-1. The second-order valence-electron chi connectivity index (χ2n) is 5.93. The first-order chi connectivity index (χ1) is 11.5. The van der Waals surface area contributed by atoms with Crippen LogP contribution < -0.4 is 17.3 Å². The summed E-state index contributed by atoms with van der Waals surface area (Å²) in [6.07, 6.45) is 1.39. The van der Waals surface area contributed by atoms with Gasteiger partial charge in [0.2, 0.25) is 5.76 Å². The molecule has 1 amide bonds. The number of benzene rings is 1. The van der Waals surface area contributed by atoms with Crippen molar-refractivity contribution >= 4 is 32.6 Å². The molecule has 0 saturated carbocycles. The van der Waals surface area contributed by atoms with E-state index in [9.17, 15) is 4.79 Å². The predicted octanol–water partition coefficient (Wildman–Crippen LogP) is -0.608. The van der Waals surface area contributed by atoms with Crippen LogP contribution in [-0.2, 0) is 14.3 Å². The number of rotatable bonds is 5. The molecule has 25 heavy (non-hydrogen) atoms. The lowest BCUT2D eigenvalue weighted by Crippen LogP contribution is -3.00. The smallest absolute Gasteiger partial charge is 0.298 e. The van der Waals surface area contributed by atoms with Gasteiger partial charge in [-0.15, -0.1) is 0 Å². The van der Waals surface area contributed by atoms with Crippen molar-refractivity contribution < 1.29 is 26.7 Å². The molecule has 2 aromatic rings. The maximum Gasteiger partial charge on any atom is 0.298 e. The summed E-state index contributed by atoms with van der Waals surface area (Å²) < 4.78 is 11.7. The molecule has 1 aliphatic heterocycles. The Morgan fingerprint density at radius 1 is 1.28 bits per heavy atom. The number of aromatic nitrogens is 1. The van der Waals surface area contributed by atoms with Crippen molar-refractivity contribution in [1.82, 2.24) is 9.88 Å². The number of hydrogen-bond acceptors (Lipinski definition) is 6. The molecular formula is C17H21ClN3O3S-. The molecule has 0 spiro atoms. The highest BCUT2D eigenvalue weighted by molar-refractivity contribution is 7.22. The average Bonchev–Trinajstić information content (AvgIpc) is 2.98. The van der Waals surface area contributed by atoms with E-state index in [2.05, 4.69) is 11.1 Å². The van der Waals surface area contributed by atoms with E-state index >= 15 is 0 Å². The van der Waals surface area contributed by atoms with E-state index in [0.29, 0.717) is 24.9 Å². The number of hydrogen-bond donors (Lipinski definition) is 0. The van der Waals surface area contributed by atoms with Gasteiger partial charge < -0.3 is 26.8 Å². The quantitative estimate of drug-likeness (QED) is 0.690. The Balaban J connectivity index is 0.00000225. The average molecular weight is 383 g/mol. The van der Waals surface area contributed by atoms with Gasteiger partial charge in [0.15, 0.2) is 5.13 Å². The fourth-order valence-corrected chi connectivity index (χ4v) is 3.42. The molecule has 0 bridgehead atoms. The monoisotopic (exact) mass is 382 g/mol. The Kier molecular flexibility index (Phi) is 6.64. The normalized spacial score (nSPS) is 13.7. The minimum atomic E-state index is -0.215. The second-order valence-corrected chi connectivity index (χ2v) is 6.94. The lowest BCUT2D eigenvalue weighted by molar-refractivity contribution is -0.119. The van der Waals surface area contributed by atoms with Crippen LogP contribution >= 0.6 is 11.3 Å². The van der Waals surface area contributed by atoms with E-state index in [1.807, 2.05) is 38.1 Å². The lowest BCUT2D eigenvalue weighted by atomic mass is 10.2. The second kappa shape index (κ2) is 8.51. The van der Waals surface area contributed by atoms with Gasteiger partial charge in [0, 0.05) is 13.1 Å². The molecule has 1 aromatic carbocycles. The summed E-state index contributed by atoms with van der Waals surface area (Å²) in [6, 6.07) is 6.10. The van der Waals surface area contributed by atoms with Gasteiger partial charge in [0.05, 0.1) is 10.2 Å². The van der Waals surface area contributed by atoms with Crippen molar-refractivity contribution in [1.29, 1.82) is 0 Å². The Labute approximate surface area is 157 Å². The summed E-state index contributed by atoms with van der Waals surface area (Å²) in [7, 11) is 3.95. The first-order valence-electron chi connectivity index (χ1n) is 7.83. The molecule has 0 radical (unpaired) electrons. The van der Waals surface area contributed by atoms with Crippen LogP contribution in [0, 0.1) is 6.92 Å². The third kappa shape index (κ3) is 4.62. The van der Waals surface area contributed by atoms with E-state index < -0.39 is 0 Å². The maximum atomic E-state index is 12.9. The summed E-state index contributed by atoms with van der Waals surface area (Å²) in [5.41, 5.74) is 2.08. The molecule has 8 heteroatoms. The highest BCUT2D eigenvalue weighted by Gasteiger charge is 2.26. The summed E-state index contributed by atoms with van der Waals surface area (Å²) in [6.45, 7) is 4.17. The Bertz CT molecular complexity index is 776. The predicted molar refractivity (Wildman–Crippen MR) is 95.3 cm³/mol. The number of thiazole rings is 1. The number of carbonyl (C=O) groups is 1. The Hall–Kier alpha value is -1.83. The number of amides is 1. The molecule has 2 heterocycles. The SMILES string of the molecule is Cc1ccc2nc(N(CCN(C)C)C(=O)C3=COCCO3)sc2c1.[Cl-]. The molecule has 0 unspecified atom stereocenters. The van der Waals surface area contributed by atoms with Gasteiger partial charge in [0.1, 0.15) is 19.5 Å². The number of likely N-dealkylation sites (N-methyl/N-ethyl adjacent to an activating group) is 1. The highest BCUT2D eigenvalue weighted by Crippen LogP contribution is 2.30. The van der Waals surface area contributed by atoms with Gasteiger partial charge in [-0.1, -0.05) is 17.4 Å². The maximum absolute atomic E-state index is 12.9. The van der Waals surface area contributed by atoms with Crippen LogP contribution in [0.5, 0.6) is 0 Å². The van der Waals surface area contributed by atoms with Gasteiger partial charge in [-0.2, -0.15) is 0 Å². The summed E-state index contributed by atoms with van der Waals surface area (Å²) >= 11 is 1.52. The van der Waals surface area contributed by atoms with Crippen molar-refractivity contribution in [2.75, 3.05) is 45.3 Å². The van der Waals surface area contributed by atoms with E-state index in [-0.39, 0.29) is 24.1 Å². The van der Waals surface area contributed by atoms with E-state index in [0.717, 1.165) is 16.8 Å². The van der Waals surface area contributed by atoms with E-state index in [4.69, 9.17) is 9.47 Å². The first-order valence-corrected chi connectivity index (χ1v) is 8.64. The molecule has 0 atom stereocenters. The summed E-state index contributed by atoms with van der Waals surface area (Å²) in [4.78, 5) is 21.2. The summed E-state index contributed by atoms with van der Waals surface area (Å²) in [5.74, 6) is 0.0165. The van der Waals surface area contributed by atoms with Crippen LogP contribution in [0.2, 0.25) is 0 Å². The van der Waals surface area contributed by atoms with Crippen molar-refractivity contribution in [3.05, 3.63) is 35.8 Å². The lowest BCUT2D eigenvalue weighted by Gasteiger charge is -2.24. The van der Waals surface area contributed by atoms with Gasteiger partial charge >= 0.3 is 0 Å². The molecule has 0 fully saturated rings. The number of anilines is 1. The summed E-state index contributed by atoms with van der Waals surface area (Å²) in [5, 5.41) is 0.678. The third-order valence-corrected chi connectivity index (χ3v) is 4.68. The molecule has 0 N–H and O–H groups in total. The Morgan fingerprint density at radius 3 is 2.76 bits per heavy atom. The highest BCUT2D eigenvalue weighted by atomic mass is 35.5. The van der Waals surface area contributed by atoms with Crippen LogP contribution in [0.4, 0.5) is 5.13 Å². The molecule has 136 valence electrons. The fourth-order valence-electron chi connectivity index (χ4n) is 2.33. The van der Waals surface area contributed by atoms with Crippen LogP contribution in [-0.4, -0.2) is 56.2 Å². The molecular weight excluding hydrogens is 362 g/mol. The number of halogens is 1. The van der Waals surface area contributed by atoms with Crippen molar-refractivity contribution in [2.24, 2.45) is 0 Å². The van der Waals surface area contributed by atoms with Crippen LogP contribution in [0.3, 0.4) is 0 Å². The fraction of sp³-hybridized carbons (Fsp3) is 0.412. The van der Waals surface area contributed by atoms with Crippen molar-refractivity contribution in [3.63, 3.8) is 0 Å².